The minimum absolute atomic E-state index is 0.220. The van der Waals surface area contributed by atoms with Crippen LogP contribution in [0, 0.1) is 6.92 Å². The second-order valence-corrected chi connectivity index (χ2v) is 4.85. The van der Waals surface area contributed by atoms with Crippen molar-refractivity contribution in [1.82, 2.24) is 25.5 Å². The van der Waals surface area contributed by atoms with E-state index in [0.29, 0.717) is 23.6 Å². The molecule has 0 bridgehead atoms. The lowest BCUT2D eigenvalue weighted by Gasteiger charge is -2.09. The van der Waals surface area contributed by atoms with Crippen LogP contribution in [0.25, 0.3) is 11.4 Å². The third kappa shape index (κ3) is 2.85. The van der Waals surface area contributed by atoms with Gasteiger partial charge in [-0.05, 0) is 42.0 Å². The fourth-order valence-corrected chi connectivity index (χ4v) is 2.09. The van der Waals surface area contributed by atoms with E-state index in [-0.39, 0.29) is 5.69 Å². The monoisotopic (exact) mass is 307 g/mol. The number of dihydropyridines is 1. The number of hydrogen-bond donors (Lipinski definition) is 1. The lowest BCUT2D eigenvalue weighted by atomic mass is 10.1. The normalized spacial score (nSPS) is 14.6. The van der Waals surface area contributed by atoms with Crippen LogP contribution in [-0.4, -0.2) is 26.8 Å². The summed E-state index contributed by atoms with van der Waals surface area (Å²) in [5, 5.41) is 14.9. The predicted octanol–water partition coefficient (Wildman–Crippen LogP) is 2.49. The van der Waals surface area contributed by atoms with Gasteiger partial charge < -0.3 is 5.32 Å². The zero-order valence-corrected chi connectivity index (χ0v) is 11.6. The molecular formula is C14H12F3N5. The Balaban J connectivity index is 1.98. The highest BCUT2D eigenvalue weighted by Gasteiger charge is 2.31. The third-order valence-corrected chi connectivity index (χ3v) is 3.08. The zero-order valence-electron chi connectivity index (χ0n) is 11.6. The third-order valence-electron chi connectivity index (χ3n) is 3.08. The first-order valence-corrected chi connectivity index (χ1v) is 6.54. The highest BCUT2D eigenvalue weighted by atomic mass is 19.4. The van der Waals surface area contributed by atoms with Gasteiger partial charge in [0.2, 0.25) is 5.82 Å². The molecule has 0 unspecified atom stereocenters. The van der Waals surface area contributed by atoms with Crippen LogP contribution in [0.1, 0.15) is 17.0 Å². The molecule has 1 aromatic carbocycles. The van der Waals surface area contributed by atoms with Crippen LogP contribution in [0.2, 0.25) is 0 Å². The van der Waals surface area contributed by atoms with E-state index >= 15 is 0 Å². The molecule has 0 spiro atoms. The molecule has 0 amide bonds. The average Bonchev–Trinajstić information content (AvgIpc) is 2.96. The van der Waals surface area contributed by atoms with Crippen LogP contribution < -0.4 is 5.32 Å². The Labute approximate surface area is 124 Å². The minimum atomic E-state index is -4.41. The van der Waals surface area contributed by atoms with Crippen molar-refractivity contribution in [2.24, 2.45) is 0 Å². The van der Waals surface area contributed by atoms with Crippen LogP contribution in [-0.2, 0) is 6.18 Å². The molecule has 2 aromatic rings. The van der Waals surface area contributed by atoms with E-state index < -0.39 is 11.7 Å². The van der Waals surface area contributed by atoms with Gasteiger partial charge in [0.15, 0.2) is 0 Å². The number of rotatable bonds is 2. The van der Waals surface area contributed by atoms with Gasteiger partial charge in [0.1, 0.15) is 0 Å². The first-order valence-electron chi connectivity index (χ1n) is 6.54. The molecule has 0 atom stereocenters. The van der Waals surface area contributed by atoms with Gasteiger partial charge in [-0.1, -0.05) is 12.2 Å². The van der Waals surface area contributed by atoms with Crippen LogP contribution in [0.5, 0.6) is 0 Å². The maximum Gasteiger partial charge on any atom is 0.416 e. The first-order chi connectivity index (χ1) is 10.4. The summed E-state index contributed by atoms with van der Waals surface area (Å²) in [7, 11) is 0. The number of tetrazole rings is 1. The maximum absolute atomic E-state index is 12.9. The quantitative estimate of drug-likeness (QED) is 0.926. The van der Waals surface area contributed by atoms with E-state index in [4.69, 9.17) is 0 Å². The van der Waals surface area contributed by atoms with Crippen molar-refractivity contribution in [1.29, 1.82) is 0 Å². The smallest absolute Gasteiger partial charge is 0.378 e. The van der Waals surface area contributed by atoms with Gasteiger partial charge in [-0.15, -0.1) is 15.0 Å². The minimum Gasteiger partial charge on any atom is -0.378 e. The Bertz CT molecular complexity index is 758. The first kappa shape index (κ1) is 14.3. The number of aromatic nitrogens is 4. The highest BCUT2D eigenvalue weighted by molar-refractivity contribution is 5.60. The van der Waals surface area contributed by atoms with Crippen LogP contribution in [0.15, 0.2) is 36.4 Å². The standard InChI is InChI=1S/C14H12F3N5/c1-9-6-10(14(15,16)17)8-11(7-9)22-20-13(19-21-22)12-4-2-3-5-18-12/h2-4,6-8,18H,5H2,1H3. The van der Waals surface area contributed by atoms with Gasteiger partial charge in [-0.2, -0.15) is 13.2 Å². The van der Waals surface area contributed by atoms with Crippen LogP contribution >= 0.6 is 0 Å². The van der Waals surface area contributed by atoms with E-state index in [0.717, 1.165) is 16.9 Å². The second-order valence-electron chi connectivity index (χ2n) is 4.85. The van der Waals surface area contributed by atoms with Crippen molar-refractivity contribution in [3.05, 3.63) is 53.4 Å². The molecule has 1 aliphatic heterocycles. The molecular weight excluding hydrogens is 295 g/mol. The van der Waals surface area contributed by atoms with Gasteiger partial charge in [-0.25, -0.2) is 0 Å². The summed E-state index contributed by atoms with van der Waals surface area (Å²) in [6, 6.07) is 3.65. The Morgan fingerprint density at radius 1 is 1.23 bits per heavy atom. The molecule has 0 aliphatic carbocycles. The SMILES string of the molecule is Cc1cc(-n2nnc(C3=CC=CCN3)n2)cc(C(F)(F)F)c1. The molecule has 3 rings (SSSR count). The zero-order chi connectivity index (χ0) is 15.7. The summed E-state index contributed by atoms with van der Waals surface area (Å²) in [5.41, 5.74) is 0.636. The molecule has 22 heavy (non-hydrogen) atoms. The fraction of sp³-hybridized carbons (Fsp3) is 0.214. The van der Waals surface area contributed by atoms with Crippen molar-refractivity contribution < 1.29 is 13.2 Å². The Morgan fingerprint density at radius 3 is 2.73 bits per heavy atom. The van der Waals surface area contributed by atoms with Gasteiger partial charge in [0, 0.05) is 6.54 Å². The van der Waals surface area contributed by atoms with Crippen molar-refractivity contribution in [3.8, 4) is 5.69 Å². The number of benzene rings is 1. The summed E-state index contributed by atoms with van der Waals surface area (Å²) in [4.78, 5) is 1.10. The highest BCUT2D eigenvalue weighted by Crippen LogP contribution is 2.31. The Kier molecular flexibility index (Phi) is 3.44. The van der Waals surface area contributed by atoms with E-state index in [9.17, 15) is 13.2 Å². The van der Waals surface area contributed by atoms with E-state index in [1.165, 1.54) is 0 Å². The summed E-state index contributed by atoms with van der Waals surface area (Å²) >= 11 is 0. The molecule has 5 nitrogen and oxygen atoms in total. The Morgan fingerprint density at radius 2 is 2.05 bits per heavy atom. The number of aryl methyl sites for hydroxylation is 1. The van der Waals surface area contributed by atoms with Crippen molar-refractivity contribution in [2.45, 2.75) is 13.1 Å². The fourth-order valence-electron chi connectivity index (χ4n) is 2.09. The summed E-state index contributed by atoms with van der Waals surface area (Å²) in [6.07, 6.45) is 1.13. The second kappa shape index (κ2) is 5.28. The summed E-state index contributed by atoms with van der Waals surface area (Å²) in [6.45, 7) is 2.23. The molecule has 0 saturated carbocycles. The predicted molar refractivity (Wildman–Crippen MR) is 74.0 cm³/mol. The van der Waals surface area contributed by atoms with Crippen LogP contribution in [0.3, 0.4) is 0 Å². The lowest BCUT2D eigenvalue weighted by Crippen LogP contribution is -2.15. The number of allylic oxidation sites excluding steroid dienone is 2. The number of halogens is 3. The molecule has 1 aliphatic rings. The molecule has 1 aromatic heterocycles. The van der Waals surface area contributed by atoms with E-state index in [1.807, 2.05) is 12.2 Å². The number of hydrogen-bond acceptors (Lipinski definition) is 4. The maximum atomic E-state index is 12.9. The largest absolute Gasteiger partial charge is 0.416 e. The van der Waals surface area contributed by atoms with Crippen LogP contribution in [0.4, 0.5) is 13.2 Å². The van der Waals surface area contributed by atoms with Gasteiger partial charge in [0.05, 0.1) is 16.9 Å². The molecule has 1 N–H and O–H groups in total. The summed E-state index contributed by atoms with van der Waals surface area (Å²) in [5.74, 6) is 0.333. The van der Waals surface area contributed by atoms with Crippen molar-refractivity contribution in [2.75, 3.05) is 6.54 Å². The average molecular weight is 307 g/mol. The lowest BCUT2D eigenvalue weighted by molar-refractivity contribution is -0.137. The number of nitrogens with zero attached hydrogens (tertiary/aromatic N) is 4. The molecule has 0 saturated heterocycles. The molecule has 114 valence electrons. The van der Waals surface area contributed by atoms with Gasteiger partial charge in [-0.3, -0.25) is 0 Å². The molecule has 8 heteroatoms. The molecule has 0 radical (unpaired) electrons. The van der Waals surface area contributed by atoms with Crippen molar-refractivity contribution in [3.63, 3.8) is 0 Å². The Hall–Kier alpha value is -2.64. The molecule has 0 fully saturated rings. The molecule has 2 heterocycles. The van der Waals surface area contributed by atoms with Gasteiger partial charge >= 0.3 is 6.18 Å². The number of alkyl halides is 3. The van der Waals surface area contributed by atoms with Gasteiger partial charge in [0.25, 0.3) is 0 Å². The van der Waals surface area contributed by atoms with E-state index in [2.05, 4.69) is 20.7 Å². The summed E-state index contributed by atoms with van der Waals surface area (Å²) < 4.78 is 38.6. The topological polar surface area (TPSA) is 55.6 Å². The van der Waals surface area contributed by atoms with Crippen molar-refractivity contribution >= 4 is 5.70 Å². The van der Waals surface area contributed by atoms with E-state index in [1.54, 1.807) is 19.1 Å². The number of nitrogens with one attached hydrogen (secondary N) is 1.